The van der Waals surface area contributed by atoms with Crippen molar-refractivity contribution in [3.63, 3.8) is 0 Å². The molecule has 1 rings (SSSR count). The predicted molar refractivity (Wildman–Crippen MR) is 71.8 cm³/mol. The second-order valence-electron chi connectivity index (χ2n) is 5.87. The van der Waals surface area contributed by atoms with Crippen LogP contribution in [0.3, 0.4) is 0 Å². The minimum absolute atomic E-state index is 0.222. The Kier molecular flexibility index (Phi) is 4.55. The first-order chi connectivity index (χ1) is 7.38. The van der Waals surface area contributed by atoms with Gasteiger partial charge in [0.2, 0.25) is 0 Å². The molecule has 1 atom stereocenters. The molecule has 0 saturated carbocycles. The van der Waals surface area contributed by atoms with Crippen LogP contribution >= 0.6 is 0 Å². The third kappa shape index (κ3) is 4.80. The van der Waals surface area contributed by atoms with E-state index >= 15 is 0 Å². The monoisotopic (exact) mass is 219 g/mol. The van der Waals surface area contributed by atoms with Gasteiger partial charge in [-0.2, -0.15) is 0 Å². The summed E-state index contributed by atoms with van der Waals surface area (Å²) in [5.41, 5.74) is 3.11. The van der Waals surface area contributed by atoms with Crippen LogP contribution in [0.25, 0.3) is 0 Å². The molecule has 0 aliphatic heterocycles. The molecule has 16 heavy (non-hydrogen) atoms. The second kappa shape index (κ2) is 5.49. The van der Waals surface area contributed by atoms with Crippen LogP contribution < -0.4 is 5.32 Å². The van der Waals surface area contributed by atoms with Gasteiger partial charge in [0.15, 0.2) is 0 Å². The number of aryl methyl sites for hydroxylation is 1. The first-order valence-electron chi connectivity index (χ1n) is 6.18. The Labute approximate surface area is 100 Å². The van der Waals surface area contributed by atoms with Crippen LogP contribution in [0.5, 0.6) is 0 Å². The quantitative estimate of drug-likeness (QED) is 0.816. The fourth-order valence-corrected chi connectivity index (χ4v) is 1.77. The maximum absolute atomic E-state index is 3.56. The number of hydrogen-bond acceptors (Lipinski definition) is 1. The summed E-state index contributed by atoms with van der Waals surface area (Å²) < 4.78 is 0. The van der Waals surface area contributed by atoms with Crippen LogP contribution in [-0.4, -0.2) is 12.1 Å². The average Bonchev–Trinajstić information content (AvgIpc) is 2.18. The number of nitrogens with one attached hydrogen (secondary N) is 1. The Morgan fingerprint density at radius 3 is 2.38 bits per heavy atom. The molecule has 0 heterocycles. The standard InChI is InChI=1S/C15H25N/c1-12(11-16-15(3,4)5)10-14-9-7-6-8-13(14)2/h6-9,12,16H,10-11H2,1-5H3. The Hall–Kier alpha value is -0.820. The molecule has 0 saturated heterocycles. The van der Waals surface area contributed by atoms with Gasteiger partial charge in [0.05, 0.1) is 0 Å². The summed E-state index contributed by atoms with van der Waals surface area (Å²) >= 11 is 0. The molecule has 90 valence electrons. The van der Waals surface area contributed by atoms with Crippen LogP contribution in [0.4, 0.5) is 0 Å². The molecule has 0 aliphatic rings. The van der Waals surface area contributed by atoms with E-state index in [1.807, 2.05) is 0 Å². The van der Waals surface area contributed by atoms with Gasteiger partial charge in [-0.1, -0.05) is 31.2 Å². The summed E-state index contributed by atoms with van der Waals surface area (Å²) in [7, 11) is 0. The molecule has 1 unspecified atom stereocenters. The Morgan fingerprint density at radius 2 is 1.81 bits per heavy atom. The van der Waals surface area contributed by atoms with Crippen molar-refractivity contribution in [2.45, 2.75) is 46.6 Å². The molecule has 0 fully saturated rings. The average molecular weight is 219 g/mol. The van der Waals surface area contributed by atoms with Crippen LogP contribution in [0.2, 0.25) is 0 Å². The van der Waals surface area contributed by atoms with Gasteiger partial charge < -0.3 is 5.32 Å². The van der Waals surface area contributed by atoms with Crippen molar-refractivity contribution in [1.29, 1.82) is 0 Å². The van der Waals surface area contributed by atoms with Crippen molar-refractivity contribution in [3.05, 3.63) is 35.4 Å². The van der Waals surface area contributed by atoms with E-state index in [1.54, 1.807) is 0 Å². The molecule has 1 nitrogen and oxygen atoms in total. The number of hydrogen-bond donors (Lipinski definition) is 1. The van der Waals surface area contributed by atoms with Crippen molar-refractivity contribution in [2.75, 3.05) is 6.54 Å². The van der Waals surface area contributed by atoms with Crippen LogP contribution in [-0.2, 0) is 6.42 Å². The number of rotatable bonds is 4. The maximum atomic E-state index is 3.56. The maximum Gasteiger partial charge on any atom is 0.00966 e. The summed E-state index contributed by atoms with van der Waals surface area (Å²) in [6.45, 7) is 12.2. The highest BCUT2D eigenvalue weighted by Crippen LogP contribution is 2.13. The van der Waals surface area contributed by atoms with Crippen molar-refractivity contribution in [2.24, 2.45) is 5.92 Å². The Morgan fingerprint density at radius 1 is 1.19 bits per heavy atom. The fraction of sp³-hybridized carbons (Fsp3) is 0.600. The van der Waals surface area contributed by atoms with Crippen LogP contribution in [0.15, 0.2) is 24.3 Å². The van der Waals surface area contributed by atoms with E-state index in [9.17, 15) is 0 Å². The van der Waals surface area contributed by atoms with Crippen LogP contribution in [0, 0.1) is 12.8 Å². The summed E-state index contributed by atoms with van der Waals surface area (Å²) in [6, 6.07) is 8.67. The van der Waals surface area contributed by atoms with E-state index in [-0.39, 0.29) is 5.54 Å². The first-order valence-corrected chi connectivity index (χ1v) is 6.18. The molecule has 1 aromatic rings. The smallest absolute Gasteiger partial charge is 0.00966 e. The SMILES string of the molecule is Cc1ccccc1CC(C)CNC(C)(C)C. The van der Waals surface area contributed by atoms with Crippen molar-refractivity contribution in [3.8, 4) is 0 Å². The van der Waals surface area contributed by atoms with Gasteiger partial charge in [0, 0.05) is 5.54 Å². The highest BCUT2D eigenvalue weighted by atomic mass is 14.9. The molecule has 1 aromatic carbocycles. The van der Waals surface area contributed by atoms with Gasteiger partial charge in [-0.25, -0.2) is 0 Å². The minimum atomic E-state index is 0.222. The highest BCUT2D eigenvalue weighted by Gasteiger charge is 2.11. The summed E-state index contributed by atoms with van der Waals surface area (Å²) in [5, 5.41) is 3.56. The molecule has 0 aromatic heterocycles. The number of benzene rings is 1. The Balaban J connectivity index is 2.46. The normalized spacial score (nSPS) is 13.8. The van der Waals surface area contributed by atoms with E-state index in [1.165, 1.54) is 11.1 Å². The lowest BCUT2D eigenvalue weighted by Gasteiger charge is -2.23. The van der Waals surface area contributed by atoms with Gasteiger partial charge >= 0.3 is 0 Å². The summed E-state index contributed by atoms with van der Waals surface area (Å²) in [4.78, 5) is 0. The summed E-state index contributed by atoms with van der Waals surface area (Å²) in [6.07, 6.45) is 1.16. The zero-order chi connectivity index (χ0) is 12.2. The fourth-order valence-electron chi connectivity index (χ4n) is 1.77. The molecule has 0 bridgehead atoms. The first kappa shape index (κ1) is 13.2. The minimum Gasteiger partial charge on any atom is -0.312 e. The van der Waals surface area contributed by atoms with Gasteiger partial charge in [0.25, 0.3) is 0 Å². The van der Waals surface area contributed by atoms with E-state index in [4.69, 9.17) is 0 Å². The van der Waals surface area contributed by atoms with Gasteiger partial charge in [-0.05, 0) is 57.7 Å². The zero-order valence-electron chi connectivity index (χ0n) is 11.3. The van der Waals surface area contributed by atoms with E-state index in [0.29, 0.717) is 5.92 Å². The lowest BCUT2D eigenvalue weighted by Crippen LogP contribution is -2.39. The lowest BCUT2D eigenvalue weighted by atomic mass is 9.96. The predicted octanol–water partition coefficient (Wildman–Crippen LogP) is 3.56. The van der Waals surface area contributed by atoms with E-state index < -0.39 is 0 Å². The topological polar surface area (TPSA) is 12.0 Å². The lowest BCUT2D eigenvalue weighted by molar-refractivity contribution is 0.381. The van der Waals surface area contributed by atoms with Gasteiger partial charge in [-0.15, -0.1) is 0 Å². The van der Waals surface area contributed by atoms with Gasteiger partial charge in [-0.3, -0.25) is 0 Å². The van der Waals surface area contributed by atoms with Gasteiger partial charge in [0.1, 0.15) is 0 Å². The molecule has 1 N–H and O–H groups in total. The summed E-state index contributed by atoms with van der Waals surface area (Å²) in [5.74, 6) is 0.681. The molecule has 0 spiro atoms. The van der Waals surface area contributed by atoms with Crippen molar-refractivity contribution < 1.29 is 0 Å². The van der Waals surface area contributed by atoms with Crippen molar-refractivity contribution in [1.82, 2.24) is 5.32 Å². The van der Waals surface area contributed by atoms with E-state index in [2.05, 4.69) is 64.2 Å². The molecule has 0 amide bonds. The van der Waals surface area contributed by atoms with E-state index in [0.717, 1.165) is 13.0 Å². The third-order valence-electron chi connectivity index (χ3n) is 2.81. The largest absolute Gasteiger partial charge is 0.312 e. The molecule has 1 heteroatoms. The van der Waals surface area contributed by atoms with Crippen molar-refractivity contribution >= 4 is 0 Å². The molecular weight excluding hydrogens is 194 g/mol. The molecule has 0 aliphatic carbocycles. The Bertz CT molecular complexity index is 322. The third-order valence-corrected chi connectivity index (χ3v) is 2.81. The van der Waals surface area contributed by atoms with Crippen LogP contribution in [0.1, 0.15) is 38.8 Å². The zero-order valence-corrected chi connectivity index (χ0v) is 11.3. The second-order valence-corrected chi connectivity index (χ2v) is 5.87. The highest BCUT2D eigenvalue weighted by molar-refractivity contribution is 5.25. The molecule has 0 radical (unpaired) electrons. The molecular formula is C15H25N.